The summed E-state index contributed by atoms with van der Waals surface area (Å²) in [7, 11) is 0. The van der Waals surface area contributed by atoms with Gasteiger partial charge in [0, 0.05) is 0 Å². The first-order valence-corrected chi connectivity index (χ1v) is 6.27. The number of hydrogen-bond acceptors (Lipinski definition) is 4. The van der Waals surface area contributed by atoms with E-state index in [1.807, 2.05) is 20.8 Å². The fourth-order valence-electron chi connectivity index (χ4n) is 1.29. The van der Waals surface area contributed by atoms with Crippen LogP contribution in [0.5, 0.6) is 0 Å². The van der Waals surface area contributed by atoms with Crippen molar-refractivity contribution in [3.63, 3.8) is 0 Å². The summed E-state index contributed by atoms with van der Waals surface area (Å²) in [6, 6.07) is 1.64. The van der Waals surface area contributed by atoms with E-state index in [9.17, 15) is 3.89 Å². The molecule has 0 amide bonds. The molecule has 2 rings (SSSR count). The average molecular weight is 284 g/mol. The van der Waals surface area contributed by atoms with Crippen LogP contribution < -0.4 is 9.62 Å². The zero-order chi connectivity index (χ0) is 12.3. The van der Waals surface area contributed by atoms with Gasteiger partial charge in [0.25, 0.3) is 0 Å². The van der Waals surface area contributed by atoms with Gasteiger partial charge in [-0.2, -0.15) is 0 Å². The van der Waals surface area contributed by atoms with Crippen molar-refractivity contribution in [2.45, 2.75) is 26.9 Å². The van der Waals surface area contributed by atoms with Crippen LogP contribution >= 0.6 is 35.5 Å². The largest absolute Gasteiger partial charge is 0.362 e. The highest BCUT2D eigenvalue weighted by Crippen LogP contribution is 2.40. The normalized spacial score (nSPS) is 17.4. The summed E-state index contributed by atoms with van der Waals surface area (Å²) >= 11 is 11.6. The van der Waals surface area contributed by atoms with Crippen molar-refractivity contribution in [3.05, 3.63) is 16.2 Å². The lowest BCUT2D eigenvalue weighted by Crippen LogP contribution is -2.25. The predicted octanol–water partition coefficient (Wildman–Crippen LogP) is 4.53. The van der Waals surface area contributed by atoms with Crippen molar-refractivity contribution in [1.29, 1.82) is 0 Å². The van der Waals surface area contributed by atoms with Crippen LogP contribution in [-0.4, -0.2) is 11.1 Å². The summed E-state index contributed by atoms with van der Waals surface area (Å²) in [5, 5.41) is 3.56. The maximum atomic E-state index is 12.5. The highest BCUT2D eigenvalue weighted by atomic mass is 35.5. The second kappa shape index (κ2) is 5.80. The molecule has 0 aliphatic carbocycles. The van der Waals surface area contributed by atoms with Gasteiger partial charge in [0.15, 0.2) is 18.2 Å². The SMILES string of the molecule is CC.CC1Nc2cc(Cl)c(Cl)nc2N1SF. The van der Waals surface area contributed by atoms with Crippen molar-refractivity contribution < 1.29 is 3.89 Å². The summed E-state index contributed by atoms with van der Waals surface area (Å²) in [5.41, 5.74) is 0.692. The first-order chi connectivity index (χ1) is 7.63. The Hall–Kier alpha value is -0.390. The van der Waals surface area contributed by atoms with Crippen molar-refractivity contribution >= 4 is 47.0 Å². The van der Waals surface area contributed by atoms with Gasteiger partial charge in [-0.15, -0.1) is 3.89 Å². The Kier molecular flexibility index (Phi) is 4.95. The van der Waals surface area contributed by atoms with E-state index in [1.165, 1.54) is 4.31 Å². The van der Waals surface area contributed by atoms with Gasteiger partial charge in [0.2, 0.25) is 0 Å². The maximum Gasteiger partial charge on any atom is 0.168 e. The third kappa shape index (κ3) is 2.47. The highest BCUT2D eigenvalue weighted by Gasteiger charge is 2.29. The van der Waals surface area contributed by atoms with Crippen LogP contribution in [0.4, 0.5) is 15.4 Å². The molecule has 1 aliphatic rings. The Bertz CT molecular complexity index is 378. The number of hydrogen-bond donors (Lipinski definition) is 1. The molecule has 0 aromatic carbocycles. The van der Waals surface area contributed by atoms with Gasteiger partial charge in [-0.1, -0.05) is 37.0 Å². The van der Waals surface area contributed by atoms with Gasteiger partial charge in [-0.25, -0.2) is 9.29 Å². The predicted molar refractivity (Wildman–Crippen MR) is 69.9 cm³/mol. The van der Waals surface area contributed by atoms with Crippen LogP contribution in [0.2, 0.25) is 10.2 Å². The van der Waals surface area contributed by atoms with E-state index in [2.05, 4.69) is 10.3 Å². The Labute approximate surface area is 109 Å². The summed E-state index contributed by atoms with van der Waals surface area (Å²) in [4.78, 5) is 3.99. The molecule has 1 unspecified atom stereocenters. The standard InChI is InChI=1S/C7H6Cl2FN3S.C2H6/c1-3-11-5-2-4(8)6(9)12-7(5)13(3)14-10;1-2/h2-3,11H,1H3;1-2H3. The van der Waals surface area contributed by atoms with E-state index in [1.54, 1.807) is 6.07 Å². The molecule has 1 atom stereocenters. The molecule has 0 spiro atoms. The number of halogens is 3. The number of aromatic nitrogens is 1. The van der Waals surface area contributed by atoms with Crippen LogP contribution in [0.3, 0.4) is 0 Å². The molecule has 1 aromatic rings. The minimum atomic E-state index is -0.165. The van der Waals surface area contributed by atoms with Crippen LogP contribution in [0.15, 0.2) is 6.07 Å². The summed E-state index contributed by atoms with van der Waals surface area (Å²) in [6.07, 6.45) is -0.165. The van der Waals surface area contributed by atoms with Crippen molar-refractivity contribution in [2.75, 3.05) is 9.62 Å². The molecule has 0 fully saturated rings. The lowest BCUT2D eigenvalue weighted by Gasteiger charge is -2.15. The molecule has 1 aliphatic heterocycles. The Morgan fingerprint density at radius 2 is 2.12 bits per heavy atom. The first kappa shape index (κ1) is 13.7. The molecular formula is C9H12Cl2FN3S. The van der Waals surface area contributed by atoms with E-state index in [0.717, 1.165) is 0 Å². The summed E-state index contributed by atoms with van der Waals surface area (Å²) in [6.45, 7) is 5.82. The molecule has 1 N–H and O–H groups in total. The van der Waals surface area contributed by atoms with Gasteiger partial charge < -0.3 is 5.32 Å². The van der Waals surface area contributed by atoms with E-state index in [0.29, 0.717) is 16.5 Å². The Balaban J connectivity index is 0.000000606. The molecule has 16 heavy (non-hydrogen) atoms. The molecule has 90 valence electrons. The fourth-order valence-corrected chi connectivity index (χ4v) is 1.95. The third-order valence-electron chi connectivity index (χ3n) is 1.91. The molecular weight excluding hydrogens is 272 g/mol. The lowest BCUT2D eigenvalue weighted by molar-refractivity contribution is 0.846. The molecule has 7 heteroatoms. The Morgan fingerprint density at radius 3 is 2.69 bits per heavy atom. The minimum absolute atomic E-state index is 0.104. The molecule has 0 saturated carbocycles. The highest BCUT2D eigenvalue weighted by molar-refractivity contribution is 7.95. The summed E-state index contributed by atoms with van der Waals surface area (Å²) in [5.74, 6) is 0.472. The molecule has 0 saturated heterocycles. The zero-order valence-electron chi connectivity index (χ0n) is 9.09. The van der Waals surface area contributed by atoms with Gasteiger partial charge >= 0.3 is 0 Å². The van der Waals surface area contributed by atoms with E-state index in [4.69, 9.17) is 23.2 Å². The average Bonchev–Trinajstić information content (AvgIpc) is 2.57. The third-order valence-corrected chi connectivity index (χ3v) is 3.22. The fraction of sp³-hybridized carbons (Fsp3) is 0.444. The second-order valence-electron chi connectivity index (χ2n) is 2.85. The number of pyridine rings is 1. The molecule has 2 heterocycles. The number of nitrogens with one attached hydrogen (secondary N) is 1. The van der Waals surface area contributed by atoms with Crippen molar-refractivity contribution in [1.82, 2.24) is 4.98 Å². The van der Waals surface area contributed by atoms with Gasteiger partial charge in [0.05, 0.1) is 10.7 Å². The molecule has 0 radical (unpaired) electrons. The van der Waals surface area contributed by atoms with Crippen LogP contribution in [0.1, 0.15) is 20.8 Å². The van der Waals surface area contributed by atoms with Crippen LogP contribution in [0.25, 0.3) is 0 Å². The van der Waals surface area contributed by atoms with E-state index in [-0.39, 0.29) is 23.7 Å². The quantitative estimate of drug-likeness (QED) is 0.606. The van der Waals surface area contributed by atoms with E-state index >= 15 is 0 Å². The Morgan fingerprint density at radius 1 is 1.50 bits per heavy atom. The lowest BCUT2D eigenvalue weighted by atomic mass is 10.4. The number of fused-ring (bicyclic) bond motifs is 1. The number of anilines is 2. The molecule has 3 nitrogen and oxygen atoms in total. The van der Waals surface area contributed by atoms with Crippen molar-refractivity contribution in [3.8, 4) is 0 Å². The van der Waals surface area contributed by atoms with E-state index < -0.39 is 0 Å². The second-order valence-corrected chi connectivity index (χ2v) is 4.14. The van der Waals surface area contributed by atoms with Gasteiger partial charge in [-0.3, -0.25) is 0 Å². The topological polar surface area (TPSA) is 28.2 Å². The van der Waals surface area contributed by atoms with Crippen LogP contribution in [-0.2, 0) is 0 Å². The monoisotopic (exact) mass is 283 g/mol. The maximum absolute atomic E-state index is 12.5. The zero-order valence-corrected chi connectivity index (χ0v) is 11.4. The first-order valence-electron chi connectivity index (χ1n) is 4.84. The minimum Gasteiger partial charge on any atom is -0.362 e. The van der Waals surface area contributed by atoms with Gasteiger partial charge in [-0.05, 0) is 13.0 Å². The van der Waals surface area contributed by atoms with Crippen molar-refractivity contribution in [2.24, 2.45) is 0 Å². The number of rotatable bonds is 1. The number of nitrogens with zero attached hydrogens (tertiary/aromatic N) is 2. The van der Waals surface area contributed by atoms with Gasteiger partial charge in [0.1, 0.15) is 11.3 Å². The smallest absolute Gasteiger partial charge is 0.168 e. The summed E-state index contributed by atoms with van der Waals surface area (Å²) < 4.78 is 13.9. The molecule has 0 bridgehead atoms. The van der Waals surface area contributed by atoms with Crippen LogP contribution in [0, 0.1) is 0 Å². The molecule has 1 aromatic heterocycles.